The minimum Gasteiger partial charge on any atom is -0.345 e. The SMILES string of the molecule is O=C1NC(=O)N(c2ccc3nc[nH]c3c2)C1c1ccc(-c2csc(C(F)(F)F)c2)cc1F. The molecule has 1 unspecified atom stereocenters. The number of imide groups is 1. The second-order valence-electron chi connectivity index (χ2n) is 7.10. The van der Waals surface area contributed by atoms with Gasteiger partial charge in [0, 0.05) is 11.3 Å². The molecule has 1 atom stereocenters. The molecule has 11 heteroatoms. The van der Waals surface area contributed by atoms with Crippen LogP contribution in [0, 0.1) is 5.82 Å². The average molecular weight is 460 g/mol. The largest absolute Gasteiger partial charge is 0.425 e. The number of hydrogen-bond donors (Lipinski definition) is 2. The van der Waals surface area contributed by atoms with Crippen LogP contribution in [0.1, 0.15) is 16.5 Å². The van der Waals surface area contributed by atoms with Crippen molar-refractivity contribution in [2.75, 3.05) is 4.90 Å². The van der Waals surface area contributed by atoms with Gasteiger partial charge in [-0.25, -0.2) is 14.2 Å². The molecule has 1 aliphatic heterocycles. The maximum Gasteiger partial charge on any atom is 0.425 e. The summed E-state index contributed by atoms with van der Waals surface area (Å²) >= 11 is 0.514. The number of alkyl halides is 3. The fraction of sp³-hybridized carbons (Fsp3) is 0.0952. The number of carbonyl (C=O) groups is 2. The smallest absolute Gasteiger partial charge is 0.345 e. The Balaban J connectivity index is 1.53. The summed E-state index contributed by atoms with van der Waals surface area (Å²) < 4.78 is 53.7. The molecule has 2 aromatic carbocycles. The quantitative estimate of drug-likeness (QED) is 0.324. The lowest BCUT2D eigenvalue weighted by molar-refractivity contribution is -0.134. The standard InChI is InChI=1S/C21H12F4N4O2S/c22-14-5-10(11-6-17(32-8-11)21(23,24)25)1-3-13(14)18-19(30)28-20(31)29(18)12-2-4-15-16(7-12)27-9-26-15/h1-9,18H,(H,26,27)(H,28,30,31). The summed E-state index contributed by atoms with van der Waals surface area (Å²) in [4.78, 5) is 32.3. The zero-order chi connectivity index (χ0) is 22.6. The number of hydrogen-bond acceptors (Lipinski definition) is 4. The van der Waals surface area contributed by atoms with E-state index in [4.69, 9.17) is 0 Å². The highest BCUT2D eigenvalue weighted by Crippen LogP contribution is 2.39. The summed E-state index contributed by atoms with van der Waals surface area (Å²) in [5.41, 5.74) is 2.00. The van der Waals surface area contributed by atoms with Crippen molar-refractivity contribution in [1.82, 2.24) is 15.3 Å². The van der Waals surface area contributed by atoms with Gasteiger partial charge < -0.3 is 4.98 Å². The molecule has 1 fully saturated rings. The number of carbonyl (C=O) groups excluding carboxylic acids is 2. The van der Waals surface area contributed by atoms with Gasteiger partial charge in [0.05, 0.1) is 17.4 Å². The number of rotatable bonds is 3. The number of aromatic nitrogens is 2. The van der Waals surface area contributed by atoms with Crippen LogP contribution in [-0.4, -0.2) is 21.9 Å². The highest BCUT2D eigenvalue weighted by molar-refractivity contribution is 7.10. The van der Waals surface area contributed by atoms with Crippen LogP contribution < -0.4 is 10.2 Å². The van der Waals surface area contributed by atoms with Crippen molar-refractivity contribution in [1.29, 1.82) is 0 Å². The van der Waals surface area contributed by atoms with E-state index in [-0.39, 0.29) is 16.7 Å². The molecular weight excluding hydrogens is 448 g/mol. The molecule has 2 aromatic heterocycles. The Morgan fingerprint density at radius 3 is 2.56 bits per heavy atom. The fourth-order valence-electron chi connectivity index (χ4n) is 3.65. The summed E-state index contributed by atoms with van der Waals surface area (Å²) in [6.07, 6.45) is -3.01. The van der Waals surface area contributed by atoms with Gasteiger partial charge in [-0.3, -0.25) is 15.0 Å². The molecule has 32 heavy (non-hydrogen) atoms. The number of thiophene rings is 1. The Hall–Kier alpha value is -3.73. The number of fused-ring (bicyclic) bond motifs is 1. The second kappa shape index (κ2) is 7.16. The highest BCUT2D eigenvalue weighted by atomic mass is 32.1. The van der Waals surface area contributed by atoms with Gasteiger partial charge in [-0.15, -0.1) is 11.3 Å². The molecule has 0 saturated carbocycles. The zero-order valence-electron chi connectivity index (χ0n) is 15.9. The third kappa shape index (κ3) is 3.30. The van der Waals surface area contributed by atoms with Crippen LogP contribution in [0.3, 0.4) is 0 Å². The fourth-order valence-corrected chi connectivity index (χ4v) is 4.44. The summed E-state index contributed by atoms with van der Waals surface area (Å²) in [7, 11) is 0. The Kier molecular flexibility index (Phi) is 4.52. The molecule has 0 aliphatic carbocycles. The number of nitrogens with one attached hydrogen (secondary N) is 2. The van der Waals surface area contributed by atoms with Crippen LogP contribution in [0.5, 0.6) is 0 Å². The Labute approximate surface area is 181 Å². The number of benzene rings is 2. The van der Waals surface area contributed by atoms with Gasteiger partial charge in [0.15, 0.2) is 0 Å². The first-order chi connectivity index (χ1) is 15.2. The van der Waals surface area contributed by atoms with E-state index in [0.717, 1.165) is 17.0 Å². The molecule has 2 N–H and O–H groups in total. The Morgan fingerprint density at radius 1 is 1.03 bits per heavy atom. The van der Waals surface area contributed by atoms with Crippen molar-refractivity contribution in [2.45, 2.75) is 12.2 Å². The number of nitrogens with zero attached hydrogens (tertiary/aromatic N) is 2. The number of anilines is 1. The third-order valence-corrected chi connectivity index (χ3v) is 6.12. The monoisotopic (exact) mass is 460 g/mol. The summed E-state index contributed by atoms with van der Waals surface area (Å²) in [6.45, 7) is 0. The minimum absolute atomic E-state index is 0.0758. The predicted molar refractivity (Wildman–Crippen MR) is 110 cm³/mol. The minimum atomic E-state index is -4.49. The lowest BCUT2D eigenvalue weighted by Crippen LogP contribution is -2.30. The van der Waals surface area contributed by atoms with Gasteiger partial charge >= 0.3 is 12.2 Å². The molecule has 0 bridgehead atoms. The topological polar surface area (TPSA) is 78.1 Å². The van der Waals surface area contributed by atoms with Crippen molar-refractivity contribution < 1.29 is 27.2 Å². The molecule has 1 aliphatic rings. The van der Waals surface area contributed by atoms with Gasteiger partial charge in [0.1, 0.15) is 16.7 Å². The van der Waals surface area contributed by atoms with Gasteiger partial charge in [-0.05, 0) is 46.8 Å². The maximum absolute atomic E-state index is 15.1. The number of imidazole rings is 1. The van der Waals surface area contributed by atoms with Crippen LogP contribution >= 0.6 is 11.3 Å². The first-order valence-electron chi connectivity index (χ1n) is 9.25. The summed E-state index contributed by atoms with van der Waals surface area (Å²) in [5.74, 6) is -1.52. The van der Waals surface area contributed by atoms with Gasteiger partial charge in [0.2, 0.25) is 0 Å². The molecule has 162 valence electrons. The maximum atomic E-state index is 15.1. The summed E-state index contributed by atoms with van der Waals surface area (Å²) in [6, 6.07) is 7.60. The van der Waals surface area contributed by atoms with E-state index < -0.39 is 34.9 Å². The number of H-pyrrole nitrogens is 1. The van der Waals surface area contributed by atoms with Gasteiger partial charge in [0.25, 0.3) is 5.91 Å². The Bertz CT molecular complexity index is 1380. The molecule has 0 radical (unpaired) electrons. The number of urea groups is 1. The Morgan fingerprint density at radius 2 is 1.84 bits per heavy atom. The van der Waals surface area contributed by atoms with E-state index in [9.17, 15) is 22.8 Å². The van der Waals surface area contributed by atoms with E-state index in [2.05, 4.69) is 15.3 Å². The van der Waals surface area contributed by atoms with E-state index in [1.165, 1.54) is 23.8 Å². The van der Waals surface area contributed by atoms with Crippen molar-refractivity contribution in [3.63, 3.8) is 0 Å². The van der Waals surface area contributed by atoms with Crippen molar-refractivity contribution in [3.05, 3.63) is 70.4 Å². The van der Waals surface area contributed by atoms with Crippen molar-refractivity contribution >= 4 is 40.0 Å². The molecule has 4 aromatic rings. The van der Waals surface area contributed by atoms with E-state index >= 15 is 4.39 Å². The highest BCUT2D eigenvalue weighted by Gasteiger charge is 2.42. The van der Waals surface area contributed by atoms with E-state index in [0.29, 0.717) is 28.1 Å². The van der Waals surface area contributed by atoms with Crippen LogP contribution in [-0.2, 0) is 11.0 Å². The van der Waals surface area contributed by atoms with Gasteiger partial charge in [-0.2, -0.15) is 13.2 Å². The van der Waals surface area contributed by atoms with Crippen LogP contribution in [0.2, 0.25) is 0 Å². The van der Waals surface area contributed by atoms with Crippen molar-refractivity contribution in [2.24, 2.45) is 0 Å². The average Bonchev–Trinajstić information content (AvgIpc) is 3.45. The lowest BCUT2D eigenvalue weighted by atomic mass is 10.00. The van der Waals surface area contributed by atoms with Crippen molar-refractivity contribution in [3.8, 4) is 11.1 Å². The van der Waals surface area contributed by atoms with E-state index in [1.54, 1.807) is 18.2 Å². The van der Waals surface area contributed by atoms with E-state index in [1.807, 2.05) is 0 Å². The number of aromatic amines is 1. The second-order valence-corrected chi connectivity index (χ2v) is 8.02. The zero-order valence-corrected chi connectivity index (χ0v) is 16.7. The van der Waals surface area contributed by atoms with Crippen LogP contribution in [0.15, 0.2) is 54.2 Å². The normalized spacial score (nSPS) is 16.8. The molecule has 3 amide bonds. The third-order valence-electron chi connectivity index (χ3n) is 5.14. The molecule has 1 saturated heterocycles. The molecule has 5 rings (SSSR count). The molecule has 0 spiro atoms. The number of halogens is 4. The predicted octanol–water partition coefficient (Wildman–Crippen LogP) is 5.25. The van der Waals surface area contributed by atoms with Crippen LogP contribution in [0.4, 0.5) is 28.0 Å². The first kappa shape index (κ1) is 20.2. The molecule has 6 nitrogen and oxygen atoms in total. The molecule has 3 heterocycles. The lowest BCUT2D eigenvalue weighted by Gasteiger charge is -2.22. The molecular formula is C21H12F4N4O2S. The van der Waals surface area contributed by atoms with Gasteiger partial charge in [-0.1, -0.05) is 12.1 Å². The van der Waals surface area contributed by atoms with Crippen LogP contribution in [0.25, 0.3) is 22.2 Å². The summed E-state index contributed by atoms with van der Waals surface area (Å²) in [5, 5.41) is 3.47. The number of amides is 3. The first-order valence-corrected chi connectivity index (χ1v) is 10.1.